The summed E-state index contributed by atoms with van der Waals surface area (Å²) >= 11 is 1.24. The van der Waals surface area contributed by atoms with E-state index in [1.165, 1.54) is 22.0 Å². The summed E-state index contributed by atoms with van der Waals surface area (Å²) in [5.74, 6) is 7.14. The first-order valence-electron chi connectivity index (χ1n) is 8.70. The van der Waals surface area contributed by atoms with Gasteiger partial charge in [0.15, 0.2) is 5.82 Å². The lowest BCUT2D eigenvalue weighted by Gasteiger charge is -2.19. The summed E-state index contributed by atoms with van der Waals surface area (Å²) < 4.78 is 7.11. The Hall–Kier alpha value is -2.48. The van der Waals surface area contributed by atoms with Gasteiger partial charge in [-0.1, -0.05) is 50.7 Å². The molecule has 0 aliphatic heterocycles. The molecule has 0 radical (unpaired) electrons. The van der Waals surface area contributed by atoms with Gasteiger partial charge in [0.1, 0.15) is 12.4 Å². The average molecular weight is 390 g/mol. The molecule has 0 unspecified atom stereocenters. The zero-order chi connectivity index (χ0) is 20.0. The first-order chi connectivity index (χ1) is 12.7. The van der Waals surface area contributed by atoms with E-state index in [1.807, 2.05) is 24.3 Å². The lowest BCUT2D eigenvalue weighted by Crippen LogP contribution is -2.31. The molecule has 2 aromatic rings. The fourth-order valence-corrected chi connectivity index (χ4v) is 3.03. The Morgan fingerprint density at radius 3 is 2.63 bits per heavy atom. The molecule has 146 valence electrons. The molecule has 1 amide bonds. The van der Waals surface area contributed by atoms with Gasteiger partial charge >= 0.3 is 0 Å². The van der Waals surface area contributed by atoms with Crippen molar-refractivity contribution in [2.45, 2.75) is 50.1 Å². The topological polar surface area (TPSA) is 95.1 Å². The second-order valence-corrected chi connectivity index (χ2v) is 8.43. The number of ether oxygens (including phenoxy) is 1. The predicted molar refractivity (Wildman–Crippen MR) is 108 cm³/mol. The molecular weight excluding hydrogens is 362 g/mol. The third kappa shape index (κ3) is 5.75. The van der Waals surface area contributed by atoms with Gasteiger partial charge in [0.25, 0.3) is 0 Å². The number of carbonyl (C=O) groups excluding carboxylic acids is 1. The van der Waals surface area contributed by atoms with E-state index in [-0.39, 0.29) is 23.2 Å². The lowest BCUT2D eigenvalue weighted by atomic mass is 9.87. The molecule has 8 heteroatoms. The van der Waals surface area contributed by atoms with Gasteiger partial charge in [-0.3, -0.25) is 4.79 Å². The first-order valence-corrected chi connectivity index (χ1v) is 9.58. The highest BCUT2D eigenvalue weighted by Crippen LogP contribution is 2.25. The predicted octanol–water partition coefficient (Wildman–Crippen LogP) is 2.65. The Bertz CT molecular complexity index is 780. The number of rotatable bonds is 8. The molecule has 0 fully saturated rings. The number of hydrogen-bond acceptors (Lipinski definition) is 6. The number of nitrogens with two attached hydrogens (primary N) is 1. The fourth-order valence-electron chi connectivity index (χ4n) is 2.21. The molecule has 1 atom stereocenters. The average Bonchev–Trinajstić information content (AvgIpc) is 2.97. The van der Waals surface area contributed by atoms with E-state index in [0.29, 0.717) is 17.5 Å². The summed E-state index contributed by atoms with van der Waals surface area (Å²) in [6.45, 7) is 12.5. The van der Waals surface area contributed by atoms with E-state index in [4.69, 9.17) is 10.6 Å². The van der Waals surface area contributed by atoms with E-state index in [1.54, 1.807) is 13.0 Å². The van der Waals surface area contributed by atoms with Gasteiger partial charge < -0.3 is 15.9 Å². The Morgan fingerprint density at radius 1 is 1.37 bits per heavy atom. The van der Waals surface area contributed by atoms with Gasteiger partial charge in [0, 0.05) is 6.54 Å². The smallest absolute Gasteiger partial charge is 0.233 e. The quantitative estimate of drug-likeness (QED) is 0.409. The summed E-state index contributed by atoms with van der Waals surface area (Å²) in [6, 6.07) is 7.96. The number of amides is 1. The number of nitrogens with one attached hydrogen (secondary N) is 1. The molecule has 0 saturated heterocycles. The van der Waals surface area contributed by atoms with E-state index in [2.05, 4.69) is 42.9 Å². The largest absolute Gasteiger partial charge is 0.486 e. The summed E-state index contributed by atoms with van der Waals surface area (Å²) in [4.78, 5) is 11.9. The Kier molecular flexibility index (Phi) is 6.90. The van der Waals surface area contributed by atoms with Crippen LogP contribution in [0, 0.1) is 0 Å². The van der Waals surface area contributed by atoms with E-state index < -0.39 is 0 Å². The second-order valence-electron chi connectivity index (χ2n) is 7.13. The molecule has 1 aromatic heterocycles. The second kappa shape index (κ2) is 8.94. The Balaban J connectivity index is 1.95. The maximum Gasteiger partial charge on any atom is 0.233 e. The Labute approximate surface area is 164 Å². The summed E-state index contributed by atoms with van der Waals surface area (Å²) in [7, 11) is 0. The van der Waals surface area contributed by atoms with Gasteiger partial charge in [-0.2, -0.15) is 0 Å². The number of nitrogens with zero attached hydrogens (tertiary/aromatic N) is 3. The van der Waals surface area contributed by atoms with Gasteiger partial charge in [0.05, 0.1) is 5.25 Å². The minimum absolute atomic E-state index is 0.0940. The number of carbonyl (C=O) groups is 1. The lowest BCUT2D eigenvalue weighted by molar-refractivity contribution is -0.120. The van der Waals surface area contributed by atoms with E-state index >= 15 is 0 Å². The third-order valence-electron chi connectivity index (χ3n) is 3.90. The van der Waals surface area contributed by atoms with Crippen molar-refractivity contribution in [3.8, 4) is 5.75 Å². The maximum absolute atomic E-state index is 11.9. The molecule has 1 heterocycles. The van der Waals surface area contributed by atoms with Crippen LogP contribution in [0.25, 0.3) is 0 Å². The SMILES string of the molecule is C=CCNC(=O)[C@H](C)Sc1nnc(COc2ccc(C(C)(C)C)cc2)n1N. The van der Waals surface area contributed by atoms with Crippen molar-refractivity contribution in [3.05, 3.63) is 48.3 Å². The number of aromatic nitrogens is 3. The zero-order valence-corrected chi connectivity index (χ0v) is 17.0. The highest BCUT2D eigenvalue weighted by atomic mass is 32.2. The van der Waals surface area contributed by atoms with Gasteiger partial charge in [-0.15, -0.1) is 16.8 Å². The van der Waals surface area contributed by atoms with Crippen molar-refractivity contribution < 1.29 is 9.53 Å². The molecule has 7 nitrogen and oxygen atoms in total. The first kappa shape index (κ1) is 20.8. The molecule has 0 aliphatic carbocycles. The van der Waals surface area contributed by atoms with Crippen molar-refractivity contribution in [1.29, 1.82) is 0 Å². The van der Waals surface area contributed by atoms with Crippen molar-refractivity contribution in [2.75, 3.05) is 12.4 Å². The third-order valence-corrected chi connectivity index (χ3v) is 4.95. The Morgan fingerprint density at radius 2 is 2.04 bits per heavy atom. The number of hydrogen-bond donors (Lipinski definition) is 2. The monoisotopic (exact) mass is 389 g/mol. The number of nitrogen functional groups attached to an aromatic ring is 1. The zero-order valence-electron chi connectivity index (χ0n) is 16.2. The van der Waals surface area contributed by atoms with E-state index in [0.717, 1.165) is 5.75 Å². The van der Waals surface area contributed by atoms with Gasteiger partial charge in [-0.25, -0.2) is 4.68 Å². The van der Waals surface area contributed by atoms with Crippen molar-refractivity contribution >= 4 is 17.7 Å². The van der Waals surface area contributed by atoms with Gasteiger partial charge in [0.2, 0.25) is 11.1 Å². The summed E-state index contributed by atoms with van der Waals surface area (Å²) in [5, 5.41) is 10.9. The highest BCUT2D eigenvalue weighted by molar-refractivity contribution is 8.00. The minimum Gasteiger partial charge on any atom is -0.486 e. The molecule has 0 bridgehead atoms. The van der Waals surface area contributed by atoms with Crippen LogP contribution in [0.4, 0.5) is 0 Å². The standard InChI is InChI=1S/C19H27N5O2S/c1-6-11-21-17(25)13(2)27-18-23-22-16(24(18)20)12-26-15-9-7-14(8-10-15)19(3,4)5/h6-10,13H,1,11-12,20H2,2-5H3,(H,21,25)/t13-/m0/s1. The van der Waals surface area contributed by atoms with Crippen molar-refractivity contribution in [2.24, 2.45) is 0 Å². The number of benzene rings is 1. The molecule has 0 saturated carbocycles. The van der Waals surface area contributed by atoms with Crippen LogP contribution in [-0.2, 0) is 16.8 Å². The summed E-state index contributed by atoms with van der Waals surface area (Å²) in [6.07, 6.45) is 1.63. The van der Waals surface area contributed by atoms with Crippen LogP contribution in [0.2, 0.25) is 0 Å². The van der Waals surface area contributed by atoms with Crippen molar-refractivity contribution in [3.63, 3.8) is 0 Å². The van der Waals surface area contributed by atoms with Crippen LogP contribution in [0.15, 0.2) is 42.1 Å². The number of thioether (sulfide) groups is 1. The normalized spacial score (nSPS) is 12.4. The van der Waals surface area contributed by atoms with Crippen LogP contribution in [0.3, 0.4) is 0 Å². The minimum atomic E-state index is -0.352. The van der Waals surface area contributed by atoms with Crippen LogP contribution < -0.4 is 15.9 Å². The molecule has 2 rings (SSSR count). The molecular formula is C19H27N5O2S. The van der Waals surface area contributed by atoms with Gasteiger partial charge in [-0.05, 0) is 30.0 Å². The summed E-state index contributed by atoms with van der Waals surface area (Å²) in [5.41, 5.74) is 1.33. The van der Waals surface area contributed by atoms with Crippen LogP contribution in [0.1, 0.15) is 39.1 Å². The highest BCUT2D eigenvalue weighted by Gasteiger charge is 2.19. The van der Waals surface area contributed by atoms with Crippen LogP contribution in [-0.4, -0.2) is 32.6 Å². The maximum atomic E-state index is 11.9. The molecule has 27 heavy (non-hydrogen) atoms. The van der Waals surface area contributed by atoms with Crippen LogP contribution in [0.5, 0.6) is 5.75 Å². The molecule has 3 N–H and O–H groups in total. The fraction of sp³-hybridized carbons (Fsp3) is 0.421. The molecule has 0 aliphatic rings. The van der Waals surface area contributed by atoms with Crippen molar-refractivity contribution in [1.82, 2.24) is 20.2 Å². The van der Waals surface area contributed by atoms with Crippen LogP contribution >= 0.6 is 11.8 Å². The molecule has 0 spiro atoms. The van der Waals surface area contributed by atoms with E-state index in [9.17, 15) is 4.79 Å². The molecule has 1 aromatic carbocycles.